The van der Waals surface area contributed by atoms with Crippen molar-refractivity contribution >= 4 is 17.0 Å². The van der Waals surface area contributed by atoms with E-state index in [9.17, 15) is 0 Å². The summed E-state index contributed by atoms with van der Waals surface area (Å²) in [5.41, 5.74) is 6.31. The number of aromatic amines is 1. The maximum absolute atomic E-state index is 3.54. The number of benzene rings is 3. The van der Waals surface area contributed by atoms with Crippen molar-refractivity contribution in [3.05, 3.63) is 113 Å². The predicted octanol–water partition coefficient (Wildman–Crippen LogP) is 6.32. The first-order chi connectivity index (χ1) is 12.3. The predicted molar refractivity (Wildman–Crippen MR) is 107 cm³/mol. The number of allylic oxidation sites excluding steroid dienone is 1. The average molecular weight is 323 g/mol. The fourth-order valence-electron chi connectivity index (χ4n) is 3.50. The smallest absolute Gasteiger partial charge is 0.0459 e. The number of hydrogen-bond acceptors (Lipinski definition) is 0. The molecule has 0 aliphatic heterocycles. The molecule has 0 saturated heterocycles. The Labute approximate surface area is 148 Å². The van der Waals surface area contributed by atoms with Gasteiger partial charge < -0.3 is 4.98 Å². The van der Waals surface area contributed by atoms with Gasteiger partial charge in [-0.25, -0.2) is 0 Å². The first-order valence-electron chi connectivity index (χ1n) is 8.68. The molecule has 0 bridgehead atoms. The van der Waals surface area contributed by atoms with Crippen LogP contribution in [0.2, 0.25) is 0 Å². The molecule has 0 saturated carbocycles. The lowest BCUT2D eigenvalue weighted by molar-refractivity contribution is 1.02. The zero-order valence-electron chi connectivity index (χ0n) is 14.3. The molecule has 1 aromatic heterocycles. The number of hydrogen-bond donors (Lipinski definition) is 1. The van der Waals surface area contributed by atoms with Crippen molar-refractivity contribution in [2.45, 2.75) is 12.8 Å². The summed E-state index contributed by atoms with van der Waals surface area (Å²) < 4.78 is 0. The summed E-state index contributed by atoms with van der Waals surface area (Å²) in [7, 11) is 0. The molecule has 0 aliphatic carbocycles. The van der Waals surface area contributed by atoms with E-state index in [4.69, 9.17) is 0 Å². The summed E-state index contributed by atoms with van der Waals surface area (Å²) >= 11 is 0. The second-order valence-electron chi connectivity index (χ2n) is 6.37. The minimum absolute atomic E-state index is 0.220. The number of aryl methyl sites for hydroxylation is 1. The van der Waals surface area contributed by atoms with Gasteiger partial charge in [0.1, 0.15) is 0 Å². The molecule has 1 atom stereocenters. The molecule has 0 radical (unpaired) electrons. The third kappa shape index (κ3) is 3.14. The molecular formula is C24H21N. The van der Waals surface area contributed by atoms with Crippen LogP contribution in [0.1, 0.15) is 28.3 Å². The van der Waals surface area contributed by atoms with Crippen LogP contribution in [0.3, 0.4) is 0 Å². The average Bonchev–Trinajstić information content (AvgIpc) is 3.00. The van der Waals surface area contributed by atoms with Gasteiger partial charge in [-0.15, -0.1) is 0 Å². The second kappa shape index (κ2) is 6.82. The minimum atomic E-state index is 0.220. The third-order valence-electron chi connectivity index (χ3n) is 4.69. The Kier molecular flexibility index (Phi) is 4.22. The van der Waals surface area contributed by atoms with Gasteiger partial charge in [-0.05, 0) is 29.7 Å². The standard InChI is InChI=1S/C24H21N/c1-18-24(22-14-8-9-15-23(22)25-18)21(20-12-6-3-7-13-20)17-16-19-10-4-2-5-11-19/h2-17,21,25H,1H3/b17-16+. The van der Waals surface area contributed by atoms with E-state index in [0.717, 1.165) is 0 Å². The SMILES string of the molecule is Cc1[nH]c2ccccc2c1C(/C=C/c1ccccc1)c1ccccc1. The molecular weight excluding hydrogens is 302 g/mol. The zero-order chi connectivity index (χ0) is 17.1. The Bertz CT molecular complexity index is 994. The Morgan fingerprint density at radius 2 is 1.40 bits per heavy atom. The molecule has 25 heavy (non-hydrogen) atoms. The summed E-state index contributed by atoms with van der Waals surface area (Å²) in [5.74, 6) is 0.220. The van der Waals surface area contributed by atoms with E-state index in [1.165, 1.54) is 33.3 Å². The highest BCUT2D eigenvalue weighted by Crippen LogP contribution is 2.35. The first kappa shape index (κ1) is 15.5. The zero-order valence-corrected chi connectivity index (χ0v) is 14.3. The van der Waals surface area contributed by atoms with Crippen molar-refractivity contribution in [3.8, 4) is 0 Å². The minimum Gasteiger partial charge on any atom is -0.358 e. The van der Waals surface area contributed by atoms with E-state index in [1.807, 2.05) is 0 Å². The second-order valence-corrected chi connectivity index (χ2v) is 6.37. The lowest BCUT2D eigenvalue weighted by atomic mass is 9.88. The van der Waals surface area contributed by atoms with Crippen molar-refractivity contribution in [2.75, 3.05) is 0 Å². The summed E-state index contributed by atoms with van der Waals surface area (Å²) in [6.45, 7) is 2.17. The van der Waals surface area contributed by atoms with E-state index in [0.29, 0.717) is 0 Å². The molecule has 4 rings (SSSR count). The third-order valence-corrected chi connectivity index (χ3v) is 4.69. The number of rotatable bonds is 4. The van der Waals surface area contributed by atoms with Gasteiger partial charge in [0.2, 0.25) is 0 Å². The van der Waals surface area contributed by atoms with Crippen LogP contribution in [0.25, 0.3) is 17.0 Å². The van der Waals surface area contributed by atoms with Gasteiger partial charge in [-0.1, -0.05) is 91.0 Å². The topological polar surface area (TPSA) is 15.8 Å². The van der Waals surface area contributed by atoms with E-state index < -0.39 is 0 Å². The van der Waals surface area contributed by atoms with E-state index >= 15 is 0 Å². The monoisotopic (exact) mass is 323 g/mol. The van der Waals surface area contributed by atoms with Crippen LogP contribution in [0.15, 0.2) is 91.0 Å². The number of fused-ring (bicyclic) bond motifs is 1. The van der Waals surface area contributed by atoms with Crippen molar-refractivity contribution in [1.29, 1.82) is 0 Å². The number of H-pyrrole nitrogens is 1. The number of aromatic nitrogens is 1. The van der Waals surface area contributed by atoms with Crippen LogP contribution in [0.5, 0.6) is 0 Å². The van der Waals surface area contributed by atoms with Crippen LogP contribution >= 0.6 is 0 Å². The molecule has 122 valence electrons. The lowest BCUT2D eigenvalue weighted by Gasteiger charge is -2.15. The highest BCUT2D eigenvalue weighted by Gasteiger charge is 2.18. The van der Waals surface area contributed by atoms with Crippen LogP contribution in [-0.2, 0) is 0 Å². The number of nitrogens with one attached hydrogen (secondary N) is 1. The normalized spacial score (nSPS) is 12.7. The highest BCUT2D eigenvalue weighted by atomic mass is 14.7. The van der Waals surface area contributed by atoms with Crippen LogP contribution in [-0.4, -0.2) is 4.98 Å². The molecule has 0 spiro atoms. The highest BCUT2D eigenvalue weighted by molar-refractivity contribution is 5.86. The van der Waals surface area contributed by atoms with E-state index in [1.54, 1.807) is 0 Å². The van der Waals surface area contributed by atoms with Gasteiger partial charge in [0.25, 0.3) is 0 Å². The van der Waals surface area contributed by atoms with Crippen LogP contribution in [0, 0.1) is 6.92 Å². The van der Waals surface area contributed by atoms with Gasteiger partial charge in [-0.3, -0.25) is 0 Å². The lowest BCUT2D eigenvalue weighted by Crippen LogP contribution is -1.99. The van der Waals surface area contributed by atoms with Crippen molar-refractivity contribution in [1.82, 2.24) is 4.98 Å². The molecule has 4 aromatic rings. The fourth-order valence-corrected chi connectivity index (χ4v) is 3.50. The maximum Gasteiger partial charge on any atom is 0.0459 e. The van der Waals surface area contributed by atoms with Gasteiger partial charge in [0, 0.05) is 22.5 Å². The summed E-state index contributed by atoms with van der Waals surface area (Å²) in [6.07, 6.45) is 4.53. The van der Waals surface area contributed by atoms with Gasteiger partial charge in [-0.2, -0.15) is 0 Å². The Morgan fingerprint density at radius 3 is 2.16 bits per heavy atom. The largest absolute Gasteiger partial charge is 0.358 e. The fraction of sp³-hybridized carbons (Fsp3) is 0.0833. The molecule has 1 heteroatoms. The van der Waals surface area contributed by atoms with Crippen molar-refractivity contribution in [2.24, 2.45) is 0 Å². The Balaban J connectivity index is 1.86. The van der Waals surface area contributed by atoms with Gasteiger partial charge >= 0.3 is 0 Å². The Morgan fingerprint density at radius 1 is 0.760 bits per heavy atom. The molecule has 1 unspecified atom stereocenters. The van der Waals surface area contributed by atoms with E-state index in [-0.39, 0.29) is 5.92 Å². The molecule has 0 aliphatic rings. The Hall–Kier alpha value is -3.06. The van der Waals surface area contributed by atoms with Crippen molar-refractivity contribution in [3.63, 3.8) is 0 Å². The molecule has 0 amide bonds. The molecule has 1 nitrogen and oxygen atoms in total. The summed E-state index contributed by atoms with van der Waals surface area (Å²) in [6, 6.07) is 29.8. The molecule has 3 aromatic carbocycles. The summed E-state index contributed by atoms with van der Waals surface area (Å²) in [4.78, 5) is 3.54. The van der Waals surface area contributed by atoms with Crippen LogP contribution in [0.4, 0.5) is 0 Å². The maximum atomic E-state index is 3.54. The number of para-hydroxylation sites is 1. The first-order valence-corrected chi connectivity index (χ1v) is 8.68. The quantitative estimate of drug-likeness (QED) is 0.452. The van der Waals surface area contributed by atoms with Gasteiger partial charge in [0.15, 0.2) is 0 Å². The van der Waals surface area contributed by atoms with Crippen molar-refractivity contribution < 1.29 is 0 Å². The molecule has 1 heterocycles. The molecule has 0 fully saturated rings. The van der Waals surface area contributed by atoms with E-state index in [2.05, 4.69) is 109 Å². The van der Waals surface area contributed by atoms with Crippen LogP contribution < -0.4 is 0 Å². The molecule has 1 N–H and O–H groups in total. The summed E-state index contributed by atoms with van der Waals surface area (Å²) in [5, 5.41) is 1.30. The van der Waals surface area contributed by atoms with Gasteiger partial charge in [0.05, 0.1) is 0 Å².